The van der Waals surface area contributed by atoms with E-state index in [1.165, 1.54) is 27.4 Å². The summed E-state index contributed by atoms with van der Waals surface area (Å²) in [6, 6.07) is 8.18. The molecule has 2 aromatic carbocycles. The molecule has 0 aliphatic rings. The lowest BCUT2D eigenvalue weighted by molar-refractivity contribution is 0.321. The molecule has 6 heteroatoms. The van der Waals surface area contributed by atoms with Gasteiger partial charge in [-0.05, 0) is 19.1 Å². The molecule has 1 heterocycles. The van der Waals surface area contributed by atoms with Gasteiger partial charge in [-0.15, -0.1) is 0 Å². The summed E-state index contributed by atoms with van der Waals surface area (Å²) in [5.41, 5.74) is 1.40. The van der Waals surface area contributed by atoms with Gasteiger partial charge in [0.15, 0.2) is 17.2 Å². The van der Waals surface area contributed by atoms with Crippen LogP contribution in [-0.4, -0.2) is 26.3 Å². The molecule has 0 fully saturated rings. The Morgan fingerprint density at radius 3 is 2.17 bits per heavy atom. The molecular formula is C18H18FNO4. The molecule has 0 aliphatic carbocycles. The Labute approximate surface area is 138 Å². The minimum atomic E-state index is -0.348. The fourth-order valence-electron chi connectivity index (χ4n) is 2.67. The van der Waals surface area contributed by atoms with Gasteiger partial charge in [-0.3, -0.25) is 0 Å². The Kier molecular flexibility index (Phi) is 4.20. The van der Waals surface area contributed by atoms with Crippen LogP contribution in [0.4, 0.5) is 4.39 Å². The number of hydrogen-bond donors (Lipinski definition) is 1. The average molecular weight is 331 g/mol. The molecule has 0 saturated carbocycles. The third kappa shape index (κ3) is 2.60. The number of ether oxygens (including phenoxy) is 4. The number of nitrogens with one attached hydrogen (secondary N) is 1. The molecule has 1 N–H and O–H groups in total. The number of methoxy groups -OCH3 is 3. The molecule has 126 valence electrons. The highest BCUT2D eigenvalue weighted by Crippen LogP contribution is 2.43. The summed E-state index contributed by atoms with van der Waals surface area (Å²) in [4.78, 5) is 3.12. The number of H-pyrrole nitrogens is 1. The van der Waals surface area contributed by atoms with Gasteiger partial charge in [0.1, 0.15) is 11.6 Å². The lowest BCUT2D eigenvalue weighted by atomic mass is 10.2. The molecule has 0 unspecified atom stereocenters. The van der Waals surface area contributed by atoms with Crippen molar-refractivity contribution >= 4 is 10.9 Å². The maximum absolute atomic E-state index is 14.2. The summed E-state index contributed by atoms with van der Waals surface area (Å²) >= 11 is 0. The predicted octanol–water partition coefficient (Wildman–Crippen LogP) is 4.43. The number of benzene rings is 2. The van der Waals surface area contributed by atoms with Crippen LogP contribution in [0, 0.1) is 12.7 Å². The summed E-state index contributed by atoms with van der Waals surface area (Å²) in [5.74, 6) is 1.93. The van der Waals surface area contributed by atoms with Crippen LogP contribution in [0.5, 0.6) is 28.7 Å². The van der Waals surface area contributed by atoms with Crippen LogP contribution >= 0.6 is 0 Å². The highest BCUT2D eigenvalue weighted by molar-refractivity contribution is 5.88. The van der Waals surface area contributed by atoms with E-state index >= 15 is 0 Å². The van der Waals surface area contributed by atoms with Gasteiger partial charge in [0.25, 0.3) is 0 Å². The van der Waals surface area contributed by atoms with Gasteiger partial charge in [-0.1, -0.05) is 6.07 Å². The summed E-state index contributed by atoms with van der Waals surface area (Å²) in [7, 11) is 4.58. The van der Waals surface area contributed by atoms with Crippen molar-refractivity contribution in [3.05, 3.63) is 41.8 Å². The molecule has 3 rings (SSSR count). The maximum Gasteiger partial charge on any atom is 0.203 e. The fraction of sp³-hybridized carbons (Fsp3) is 0.222. The first kappa shape index (κ1) is 16.0. The lowest BCUT2D eigenvalue weighted by Gasteiger charge is -2.14. The zero-order valence-corrected chi connectivity index (χ0v) is 13.9. The fourth-order valence-corrected chi connectivity index (χ4v) is 2.67. The summed E-state index contributed by atoms with van der Waals surface area (Å²) < 4.78 is 36.1. The molecule has 0 atom stereocenters. The van der Waals surface area contributed by atoms with Gasteiger partial charge in [-0.2, -0.15) is 0 Å². The molecule has 24 heavy (non-hydrogen) atoms. The zero-order chi connectivity index (χ0) is 17.3. The Balaban J connectivity index is 2.11. The van der Waals surface area contributed by atoms with Gasteiger partial charge in [-0.25, -0.2) is 4.39 Å². The third-order valence-corrected chi connectivity index (χ3v) is 3.76. The molecule has 0 bridgehead atoms. The van der Waals surface area contributed by atoms with Crippen molar-refractivity contribution in [2.24, 2.45) is 0 Å². The third-order valence-electron chi connectivity index (χ3n) is 3.76. The van der Waals surface area contributed by atoms with Gasteiger partial charge in [0, 0.05) is 12.1 Å². The van der Waals surface area contributed by atoms with E-state index in [1.807, 2.05) is 6.92 Å². The highest BCUT2D eigenvalue weighted by Gasteiger charge is 2.18. The van der Waals surface area contributed by atoms with Crippen molar-refractivity contribution in [3.63, 3.8) is 0 Å². The standard InChI is InChI=1S/C18H18FNO4/c1-10-17(16-12(19)6-5-7-13(16)20-10)24-11-8-14(21-2)18(23-4)15(9-11)22-3/h5-9,20H,1-4H3. The topological polar surface area (TPSA) is 52.7 Å². The molecule has 0 spiro atoms. The number of rotatable bonds is 5. The number of aryl methyl sites for hydroxylation is 1. The van der Waals surface area contributed by atoms with Crippen molar-refractivity contribution in [2.45, 2.75) is 6.92 Å². The minimum Gasteiger partial charge on any atom is -0.493 e. The van der Waals surface area contributed by atoms with Crippen LogP contribution in [-0.2, 0) is 0 Å². The van der Waals surface area contributed by atoms with Crippen LogP contribution in [0.3, 0.4) is 0 Å². The van der Waals surface area contributed by atoms with Crippen molar-refractivity contribution in [3.8, 4) is 28.7 Å². The molecule has 3 aromatic rings. The van der Waals surface area contributed by atoms with Crippen molar-refractivity contribution in [2.75, 3.05) is 21.3 Å². The normalized spacial score (nSPS) is 10.7. The summed E-state index contributed by atoms with van der Waals surface area (Å²) in [6.07, 6.45) is 0. The van der Waals surface area contributed by atoms with Crippen LogP contribution in [0.25, 0.3) is 10.9 Å². The van der Waals surface area contributed by atoms with Crippen LogP contribution in [0.2, 0.25) is 0 Å². The monoisotopic (exact) mass is 331 g/mol. The van der Waals surface area contributed by atoms with Crippen LogP contribution in [0.1, 0.15) is 5.69 Å². The molecule has 1 aromatic heterocycles. The summed E-state index contributed by atoms with van der Waals surface area (Å²) in [6.45, 7) is 1.83. The quantitative estimate of drug-likeness (QED) is 0.751. The first-order chi connectivity index (χ1) is 11.6. The average Bonchev–Trinajstić information content (AvgIpc) is 2.90. The lowest BCUT2D eigenvalue weighted by Crippen LogP contribution is -1.96. The second kappa shape index (κ2) is 6.31. The molecule has 0 amide bonds. The number of hydrogen-bond acceptors (Lipinski definition) is 4. The van der Waals surface area contributed by atoms with E-state index in [4.69, 9.17) is 18.9 Å². The van der Waals surface area contributed by atoms with E-state index in [0.29, 0.717) is 39.7 Å². The van der Waals surface area contributed by atoms with Gasteiger partial charge in [0.2, 0.25) is 5.75 Å². The van der Waals surface area contributed by atoms with E-state index in [9.17, 15) is 4.39 Å². The van der Waals surface area contributed by atoms with E-state index in [1.54, 1.807) is 24.3 Å². The van der Waals surface area contributed by atoms with Crippen molar-refractivity contribution in [1.82, 2.24) is 4.98 Å². The minimum absolute atomic E-state index is 0.348. The molecule has 0 saturated heterocycles. The predicted molar refractivity (Wildman–Crippen MR) is 89.2 cm³/mol. The highest BCUT2D eigenvalue weighted by atomic mass is 19.1. The molecule has 0 aliphatic heterocycles. The maximum atomic E-state index is 14.2. The molecular weight excluding hydrogens is 313 g/mol. The Hall–Kier alpha value is -2.89. The Morgan fingerprint density at radius 2 is 1.58 bits per heavy atom. The second-order valence-electron chi connectivity index (χ2n) is 5.20. The molecule has 5 nitrogen and oxygen atoms in total. The van der Waals surface area contributed by atoms with Crippen molar-refractivity contribution in [1.29, 1.82) is 0 Å². The van der Waals surface area contributed by atoms with E-state index in [2.05, 4.69) is 4.98 Å². The zero-order valence-electron chi connectivity index (χ0n) is 13.9. The van der Waals surface area contributed by atoms with Gasteiger partial charge < -0.3 is 23.9 Å². The smallest absolute Gasteiger partial charge is 0.203 e. The van der Waals surface area contributed by atoms with Crippen LogP contribution in [0.15, 0.2) is 30.3 Å². The Bertz CT molecular complexity index is 863. The number of aromatic nitrogens is 1. The number of halogens is 1. The largest absolute Gasteiger partial charge is 0.493 e. The summed E-state index contributed by atoms with van der Waals surface area (Å²) in [5, 5.41) is 0.406. The molecule has 0 radical (unpaired) electrons. The first-order valence-electron chi connectivity index (χ1n) is 7.33. The second-order valence-corrected chi connectivity index (χ2v) is 5.20. The van der Waals surface area contributed by atoms with E-state index in [-0.39, 0.29) is 5.82 Å². The van der Waals surface area contributed by atoms with E-state index in [0.717, 1.165) is 5.69 Å². The van der Waals surface area contributed by atoms with Crippen LogP contribution < -0.4 is 18.9 Å². The van der Waals surface area contributed by atoms with Gasteiger partial charge in [0.05, 0.1) is 37.9 Å². The Morgan fingerprint density at radius 1 is 0.917 bits per heavy atom. The first-order valence-corrected chi connectivity index (χ1v) is 7.33. The van der Waals surface area contributed by atoms with Gasteiger partial charge >= 0.3 is 0 Å². The SMILES string of the molecule is COc1cc(Oc2c(C)[nH]c3cccc(F)c23)cc(OC)c1OC. The van der Waals surface area contributed by atoms with Crippen molar-refractivity contribution < 1.29 is 23.3 Å². The van der Waals surface area contributed by atoms with E-state index < -0.39 is 0 Å². The number of aromatic amines is 1. The number of fused-ring (bicyclic) bond motifs is 1.